The molecular weight excluding hydrogens is 357 g/mol. The number of hydrogen-bond donors (Lipinski definition) is 1. The first-order valence-electron chi connectivity index (χ1n) is 10.2. The summed E-state index contributed by atoms with van der Waals surface area (Å²) in [6.45, 7) is 10.5. The first kappa shape index (κ1) is 23.8. The van der Waals surface area contributed by atoms with Crippen molar-refractivity contribution < 1.29 is 18.6 Å². The maximum Gasteiger partial charge on any atom is 0.231 e. The largest absolute Gasteiger partial charge is 0.497 e. The van der Waals surface area contributed by atoms with Gasteiger partial charge in [-0.3, -0.25) is 0 Å². The molecule has 5 heteroatoms. The summed E-state index contributed by atoms with van der Waals surface area (Å²) in [7, 11) is 1.62. The van der Waals surface area contributed by atoms with Crippen LogP contribution in [0.15, 0.2) is 42.5 Å². The lowest BCUT2D eigenvalue weighted by Gasteiger charge is -2.22. The smallest absolute Gasteiger partial charge is 0.231 e. The minimum absolute atomic E-state index is 0.141. The molecule has 0 radical (unpaired) electrons. The highest BCUT2D eigenvalue weighted by Crippen LogP contribution is 2.34. The van der Waals surface area contributed by atoms with Gasteiger partial charge in [-0.15, -0.1) is 0 Å². The van der Waals surface area contributed by atoms with Crippen molar-refractivity contribution in [1.82, 2.24) is 5.32 Å². The van der Waals surface area contributed by atoms with Crippen LogP contribution in [-0.2, 0) is 0 Å². The number of fused-ring (bicyclic) bond motifs is 1. The third kappa shape index (κ3) is 7.39. The summed E-state index contributed by atoms with van der Waals surface area (Å²) in [4.78, 5) is 0. The molecule has 0 spiro atoms. The fourth-order valence-corrected chi connectivity index (χ4v) is 2.89. The predicted octanol–water partition coefficient (Wildman–Crippen LogP) is 5.77. The number of hydrogen-bond acceptors (Lipinski definition) is 4. The zero-order chi connectivity index (χ0) is 20.8. The zero-order valence-electron chi connectivity index (χ0n) is 17.8. The minimum atomic E-state index is -0.141. The van der Waals surface area contributed by atoms with Crippen LogP contribution in [0.5, 0.6) is 17.2 Å². The number of piperidine rings is 1. The Hall–Kier alpha value is -2.27. The molecule has 2 aliphatic heterocycles. The fourth-order valence-electron chi connectivity index (χ4n) is 2.89. The maximum absolute atomic E-state index is 12.6. The van der Waals surface area contributed by atoms with Crippen LogP contribution >= 0.6 is 0 Å². The number of methoxy groups -OCH3 is 1. The maximum atomic E-state index is 12.6. The highest BCUT2D eigenvalue weighted by Gasteiger charge is 2.14. The van der Waals surface area contributed by atoms with Gasteiger partial charge in [0.05, 0.1) is 7.11 Å². The molecule has 2 aliphatic rings. The van der Waals surface area contributed by atoms with Crippen LogP contribution in [0.25, 0.3) is 0 Å². The lowest BCUT2D eigenvalue weighted by atomic mass is 9.90. The predicted molar refractivity (Wildman–Crippen MR) is 113 cm³/mol. The van der Waals surface area contributed by atoms with Crippen molar-refractivity contribution in [3.05, 3.63) is 53.8 Å². The summed E-state index contributed by atoms with van der Waals surface area (Å²) in [5, 5.41) is 3.32. The van der Waals surface area contributed by atoms with E-state index in [1.165, 1.54) is 18.4 Å². The molecule has 1 N–H and O–H groups in total. The number of nitrogens with one attached hydrogen (secondary N) is 1. The quantitative estimate of drug-likeness (QED) is 0.705. The van der Waals surface area contributed by atoms with Crippen LogP contribution in [0.2, 0.25) is 0 Å². The second-order valence-corrected chi connectivity index (χ2v) is 5.80. The van der Waals surface area contributed by atoms with Gasteiger partial charge in [-0.25, -0.2) is 4.39 Å². The van der Waals surface area contributed by atoms with E-state index in [9.17, 15) is 4.39 Å². The van der Waals surface area contributed by atoms with Gasteiger partial charge in [-0.1, -0.05) is 39.8 Å². The lowest BCUT2D eigenvalue weighted by molar-refractivity contribution is 0.174. The Balaban J connectivity index is 0.000000240. The molecule has 0 unspecified atom stereocenters. The molecule has 2 aromatic carbocycles. The third-order valence-corrected chi connectivity index (χ3v) is 4.26. The highest BCUT2D eigenvalue weighted by atomic mass is 19.1. The molecule has 28 heavy (non-hydrogen) atoms. The van der Waals surface area contributed by atoms with Crippen molar-refractivity contribution in [1.29, 1.82) is 0 Å². The molecule has 2 heterocycles. The summed E-state index contributed by atoms with van der Waals surface area (Å²) in [6.07, 6.45) is 2.34. The second-order valence-electron chi connectivity index (χ2n) is 5.80. The topological polar surface area (TPSA) is 39.7 Å². The van der Waals surface area contributed by atoms with E-state index in [0.717, 1.165) is 30.3 Å². The fraction of sp³-hybridized carbons (Fsp3) is 0.478. The normalized spacial score (nSPS) is 14.4. The zero-order valence-corrected chi connectivity index (χ0v) is 17.8. The van der Waals surface area contributed by atoms with Gasteiger partial charge in [0.1, 0.15) is 11.6 Å². The Labute approximate surface area is 169 Å². The Kier molecular flexibility index (Phi) is 11.7. The molecule has 4 nitrogen and oxygen atoms in total. The van der Waals surface area contributed by atoms with E-state index in [1.54, 1.807) is 19.2 Å². The van der Waals surface area contributed by atoms with Gasteiger partial charge in [0, 0.05) is 6.07 Å². The van der Waals surface area contributed by atoms with Crippen molar-refractivity contribution in [3.63, 3.8) is 0 Å². The molecule has 2 aromatic rings. The van der Waals surface area contributed by atoms with E-state index in [-0.39, 0.29) is 5.82 Å². The summed E-state index contributed by atoms with van der Waals surface area (Å²) in [5.74, 6) is 2.81. The summed E-state index contributed by atoms with van der Waals surface area (Å²) in [5.41, 5.74) is 1.28. The van der Waals surface area contributed by atoms with E-state index in [1.807, 2.05) is 58.0 Å². The average molecular weight is 392 g/mol. The van der Waals surface area contributed by atoms with Gasteiger partial charge < -0.3 is 19.5 Å². The van der Waals surface area contributed by atoms with Crippen molar-refractivity contribution in [2.75, 3.05) is 27.0 Å². The first-order valence-corrected chi connectivity index (χ1v) is 10.2. The number of ether oxygens (including phenoxy) is 3. The van der Waals surface area contributed by atoms with Gasteiger partial charge in [-0.2, -0.15) is 0 Å². The Morgan fingerprint density at radius 2 is 1.50 bits per heavy atom. The van der Waals surface area contributed by atoms with Crippen LogP contribution < -0.4 is 19.5 Å². The van der Waals surface area contributed by atoms with E-state index < -0.39 is 0 Å². The van der Waals surface area contributed by atoms with E-state index in [2.05, 4.69) is 5.32 Å². The van der Waals surface area contributed by atoms with E-state index in [4.69, 9.17) is 14.2 Å². The Bertz CT molecular complexity index is 655. The van der Waals surface area contributed by atoms with Crippen molar-refractivity contribution in [2.45, 2.75) is 46.5 Å². The summed E-state index contributed by atoms with van der Waals surface area (Å²) < 4.78 is 27.9. The Morgan fingerprint density at radius 3 is 2.11 bits per heavy atom. The second kappa shape index (κ2) is 13.8. The first-order chi connectivity index (χ1) is 13.8. The van der Waals surface area contributed by atoms with Crippen molar-refractivity contribution >= 4 is 0 Å². The van der Waals surface area contributed by atoms with Crippen molar-refractivity contribution in [3.8, 4) is 17.2 Å². The molecule has 0 amide bonds. The van der Waals surface area contributed by atoms with Gasteiger partial charge in [0.15, 0.2) is 11.5 Å². The molecule has 156 valence electrons. The molecule has 0 atom stereocenters. The van der Waals surface area contributed by atoms with Crippen LogP contribution in [0.3, 0.4) is 0 Å². The monoisotopic (exact) mass is 391 g/mol. The summed E-state index contributed by atoms with van der Waals surface area (Å²) >= 11 is 0. The molecule has 1 saturated heterocycles. The third-order valence-electron chi connectivity index (χ3n) is 4.26. The van der Waals surface area contributed by atoms with Gasteiger partial charge in [0.25, 0.3) is 0 Å². The Morgan fingerprint density at radius 1 is 0.893 bits per heavy atom. The summed E-state index contributed by atoms with van der Waals surface area (Å²) in [6, 6.07) is 12.4. The van der Waals surface area contributed by atoms with Gasteiger partial charge in [0.2, 0.25) is 6.79 Å². The molecular formula is C23H34FNO3. The molecule has 4 rings (SSSR count). The number of benzene rings is 2. The van der Waals surface area contributed by atoms with Gasteiger partial charge in [-0.05, 0) is 61.7 Å². The number of halogens is 1. The van der Waals surface area contributed by atoms with Crippen molar-refractivity contribution in [2.24, 2.45) is 0 Å². The van der Waals surface area contributed by atoms with Gasteiger partial charge >= 0.3 is 0 Å². The van der Waals surface area contributed by atoms with Crippen LogP contribution in [0.4, 0.5) is 4.39 Å². The molecule has 1 fully saturated rings. The van der Waals surface area contributed by atoms with E-state index >= 15 is 0 Å². The molecule has 0 aliphatic carbocycles. The van der Waals surface area contributed by atoms with Crippen LogP contribution in [0, 0.1) is 5.82 Å². The SMILES string of the molecule is CC.CC.COc1ccc2c(c1)OCO2.Fc1ccc(C2CCNCC2)cc1. The molecule has 0 bridgehead atoms. The number of rotatable bonds is 2. The molecule has 0 aromatic heterocycles. The van der Waals surface area contributed by atoms with Crippen LogP contribution in [-0.4, -0.2) is 27.0 Å². The average Bonchev–Trinajstić information content (AvgIpc) is 3.26. The van der Waals surface area contributed by atoms with Crippen LogP contribution in [0.1, 0.15) is 52.0 Å². The minimum Gasteiger partial charge on any atom is -0.497 e. The molecule has 0 saturated carbocycles. The lowest BCUT2D eigenvalue weighted by Crippen LogP contribution is -2.26. The standard InChI is InChI=1S/C11H14FN.C8H8O3.2C2H6/c12-11-3-1-9(2-4-11)10-5-7-13-8-6-10;1-9-6-2-3-7-8(4-6)11-5-10-7;2*1-2/h1-4,10,13H,5-8H2;2-4H,5H2,1H3;2*1-2H3. The van der Waals surface area contributed by atoms with E-state index in [0.29, 0.717) is 12.7 Å². The highest BCUT2D eigenvalue weighted by molar-refractivity contribution is 5.46.